The molecule has 0 unspecified atom stereocenters. The summed E-state index contributed by atoms with van der Waals surface area (Å²) in [6.07, 6.45) is 3.73. The number of furan rings is 1. The lowest BCUT2D eigenvalue weighted by atomic mass is 10.3. The summed E-state index contributed by atoms with van der Waals surface area (Å²) in [5.41, 5.74) is 0.909. The van der Waals surface area contributed by atoms with E-state index in [2.05, 4.69) is 27.6 Å². The molecule has 2 aromatic rings. The lowest BCUT2D eigenvalue weighted by molar-refractivity contribution is -0.376. The minimum absolute atomic E-state index is 0.909. The molecule has 0 aliphatic carbocycles. The summed E-state index contributed by atoms with van der Waals surface area (Å²) in [6.45, 7) is 0. The summed E-state index contributed by atoms with van der Waals surface area (Å²) in [6, 6.07) is 3.99. The van der Waals surface area contributed by atoms with E-state index in [1.807, 2.05) is 24.5 Å². The van der Waals surface area contributed by atoms with Gasteiger partial charge in [0.2, 0.25) is 6.20 Å². The summed E-state index contributed by atoms with van der Waals surface area (Å²) in [5, 5.41) is 1.14. The Kier molecular flexibility index (Phi) is 1.37. The highest BCUT2D eigenvalue weighted by atomic mass is 127. The highest BCUT2D eigenvalue weighted by Crippen LogP contribution is 2.17. The van der Waals surface area contributed by atoms with Crippen molar-refractivity contribution in [1.29, 1.82) is 0 Å². The highest BCUT2D eigenvalue weighted by molar-refractivity contribution is 14.1. The van der Waals surface area contributed by atoms with E-state index in [-0.39, 0.29) is 0 Å². The first-order valence-corrected chi connectivity index (χ1v) is 3.99. The molecule has 50 valence electrons. The molecule has 1 N–H and O–H groups in total. The van der Waals surface area contributed by atoms with E-state index in [4.69, 9.17) is 4.42 Å². The summed E-state index contributed by atoms with van der Waals surface area (Å²) >= 11 is 2.15. The largest absolute Gasteiger partial charge is 0.444 e. The number of H-pyrrole nitrogens is 1. The average molecular weight is 246 g/mol. The number of fused-ring (bicyclic) bond motifs is 1. The zero-order valence-electron chi connectivity index (χ0n) is 5.10. The topological polar surface area (TPSA) is 27.3 Å². The second-order valence-corrected chi connectivity index (χ2v) is 3.08. The van der Waals surface area contributed by atoms with E-state index in [0.717, 1.165) is 14.7 Å². The molecule has 0 aliphatic rings. The molecule has 0 radical (unpaired) electrons. The van der Waals surface area contributed by atoms with Crippen LogP contribution in [0.15, 0.2) is 28.9 Å². The monoisotopic (exact) mass is 246 g/mol. The van der Waals surface area contributed by atoms with E-state index in [9.17, 15) is 0 Å². The van der Waals surface area contributed by atoms with Gasteiger partial charge in [-0.05, 0) is 28.7 Å². The van der Waals surface area contributed by atoms with Crippen LogP contribution < -0.4 is 4.98 Å². The number of halogens is 1. The molecule has 0 aromatic carbocycles. The number of rotatable bonds is 0. The first-order chi connectivity index (χ1) is 4.86. The third-order valence-corrected chi connectivity index (χ3v) is 1.87. The van der Waals surface area contributed by atoms with Gasteiger partial charge in [-0.3, -0.25) is 0 Å². The van der Waals surface area contributed by atoms with Gasteiger partial charge < -0.3 is 4.42 Å². The van der Waals surface area contributed by atoms with Gasteiger partial charge in [-0.2, -0.15) is 0 Å². The van der Waals surface area contributed by atoms with Gasteiger partial charge in [0.1, 0.15) is 0 Å². The first-order valence-electron chi connectivity index (χ1n) is 2.91. The molecule has 2 heterocycles. The lowest BCUT2D eigenvalue weighted by Gasteiger charge is -1.76. The van der Waals surface area contributed by atoms with Crippen molar-refractivity contribution in [2.45, 2.75) is 0 Å². The van der Waals surface area contributed by atoms with Gasteiger partial charge in [0.25, 0.3) is 0 Å². The van der Waals surface area contributed by atoms with Gasteiger partial charge in [-0.1, -0.05) is 0 Å². The third kappa shape index (κ3) is 0.901. The minimum Gasteiger partial charge on any atom is -0.444 e. The molecule has 0 atom stereocenters. The Labute approximate surface area is 71.4 Å². The van der Waals surface area contributed by atoms with E-state index < -0.39 is 0 Å². The molecule has 2 rings (SSSR count). The van der Waals surface area contributed by atoms with Crippen molar-refractivity contribution in [1.82, 2.24) is 0 Å². The fourth-order valence-electron chi connectivity index (χ4n) is 0.892. The zero-order chi connectivity index (χ0) is 6.97. The minimum atomic E-state index is 0.909. The van der Waals surface area contributed by atoms with Crippen LogP contribution >= 0.6 is 22.6 Å². The Balaban J connectivity index is 2.88. The fraction of sp³-hybridized carbons (Fsp3) is 0. The number of hydrogen-bond acceptors (Lipinski definition) is 1. The van der Waals surface area contributed by atoms with Crippen LogP contribution in [0.2, 0.25) is 0 Å². The predicted octanol–water partition coefficient (Wildman–Crippen LogP) is 1.85. The maximum atomic E-state index is 5.32. The smallest absolute Gasteiger partial charge is 0.210 e. The number of aromatic amines is 1. The van der Waals surface area contributed by atoms with Crippen molar-refractivity contribution in [3.8, 4) is 0 Å². The SMILES string of the molecule is Ic1cc2cc[nH+]cc2o1. The van der Waals surface area contributed by atoms with Crippen molar-refractivity contribution in [2.75, 3.05) is 0 Å². The number of pyridine rings is 1. The quantitative estimate of drug-likeness (QED) is 0.652. The molecule has 0 saturated heterocycles. The van der Waals surface area contributed by atoms with Crippen LogP contribution in [0, 0.1) is 3.77 Å². The fourth-order valence-corrected chi connectivity index (χ4v) is 1.46. The standard InChI is InChI=1S/C7H4INO/c8-7-3-5-1-2-9-4-6(5)10-7/h1-4H/p+1. The molecule has 10 heavy (non-hydrogen) atoms. The molecule has 0 amide bonds. The van der Waals surface area contributed by atoms with Crippen LogP contribution in [-0.2, 0) is 0 Å². The molecular weight excluding hydrogens is 241 g/mol. The predicted molar refractivity (Wildman–Crippen MR) is 45.5 cm³/mol. The molecule has 0 aliphatic heterocycles. The van der Waals surface area contributed by atoms with Crippen LogP contribution in [0.1, 0.15) is 0 Å². The summed E-state index contributed by atoms with van der Waals surface area (Å²) in [7, 11) is 0. The van der Waals surface area contributed by atoms with Crippen LogP contribution in [0.25, 0.3) is 11.0 Å². The lowest BCUT2D eigenvalue weighted by Crippen LogP contribution is -1.95. The molecule has 3 heteroatoms. The van der Waals surface area contributed by atoms with Crippen molar-refractivity contribution in [2.24, 2.45) is 0 Å². The molecule has 0 fully saturated rings. The molecular formula is C7H5INO+. The maximum absolute atomic E-state index is 5.32. The van der Waals surface area contributed by atoms with Gasteiger partial charge in [-0.25, -0.2) is 4.98 Å². The Hall–Kier alpha value is -0.580. The van der Waals surface area contributed by atoms with Crippen molar-refractivity contribution in [3.63, 3.8) is 0 Å². The summed E-state index contributed by atoms with van der Waals surface area (Å²) < 4.78 is 6.25. The molecule has 0 bridgehead atoms. The summed E-state index contributed by atoms with van der Waals surface area (Å²) in [5.74, 6) is 0. The Morgan fingerprint density at radius 1 is 1.50 bits per heavy atom. The summed E-state index contributed by atoms with van der Waals surface area (Å²) in [4.78, 5) is 2.95. The Morgan fingerprint density at radius 2 is 2.40 bits per heavy atom. The number of hydrogen-bond donors (Lipinski definition) is 0. The molecule has 0 spiro atoms. The van der Waals surface area contributed by atoms with Gasteiger partial charge in [0.05, 0.1) is 0 Å². The van der Waals surface area contributed by atoms with Crippen molar-refractivity contribution in [3.05, 3.63) is 28.3 Å². The van der Waals surface area contributed by atoms with Crippen molar-refractivity contribution >= 4 is 33.6 Å². The Morgan fingerprint density at radius 3 is 3.20 bits per heavy atom. The van der Waals surface area contributed by atoms with Gasteiger partial charge in [0.15, 0.2) is 15.5 Å². The van der Waals surface area contributed by atoms with Crippen LogP contribution in [0.3, 0.4) is 0 Å². The maximum Gasteiger partial charge on any atom is 0.210 e. The molecule has 2 nitrogen and oxygen atoms in total. The highest BCUT2D eigenvalue weighted by Gasteiger charge is 2.00. The normalized spacial score (nSPS) is 10.5. The molecule has 2 aromatic heterocycles. The second-order valence-electron chi connectivity index (χ2n) is 2.01. The Bertz CT molecular complexity index is 322. The average Bonchev–Trinajstić information content (AvgIpc) is 2.27. The van der Waals surface area contributed by atoms with Gasteiger partial charge >= 0.3 is 0 Å². The number of aromatic nitrogens is 1. The van der Waals surface area contributed by atoms with Crippen LogP contribution in [-0.4, -0.2) is 0 Å². The number of nitrogens with one attached hydrogen (secondary N) is 1. The molecule has 0 saturated carbocycles. The van der Waals surface area contributed by atoms with Gasteiger partial charge in [-0.15, -0.1) is 0 Å². The van der Waals surface area contributed by atoms with Crippen molar-refractivity contribution < 1.29 is 9.40 Å². The van der Waals surface area contributed by atoms with E-state index in [1.165, 1.54) is 0 Å². The van der Waals surface area contributed by atoms with Gasteiger partial charge in [0, 0.05) is 11.5 Å². The van der Waals surface area contributed by atoms with E-state index in [1.54, 1.807) is 0 Å². The zero-order valence-corrected chi connectivity index (χ0v) is 7.25. The van der Waals surface area contributed by atoms with E-state index in [0.29, 0.717) is 0 Å². The first kappa shape index (κ1) is 6.15. The van der Waals surface area contributed by atoms with E-state index >= 15 is 0 Å². The van der Waals surface area contributed by atoms with Crippen LogP contribution in [0.5, 0.6) is 0 Å². The third-order valence-electron chi connectivity index (χ3n) is 1.33. The second kappa shape index (κ2) is 2.23. The van der Waals surface area contributed by atoms with Crippen LogP contribution in [0.4, 0.5) is 0 Å².